The van der Waals surface area contributed by atoms with Crippen LogP contribution in [0, 0.1) is 29.6 Å². The third-order valence-corrected chi connectivity index (χ3v) is 4.94. The number of aliphatic hydroxyl groups excluding tert-OH is 2. The summed E-state index contributed by atoms with van der Waals surface area (Å²) in [6.45, 7) is 9.94. The third-order valence-electron chi connectivity index (χ3n) is 4.94. The van der Waals surface area contributed by atoms with Gasteiger partial charge in [-0.25, -0.2) is 0 Å². The normalized spacial score (nSPS) is 42.2. The fourth-order valence-electron chi connectivity index (χ4n) is 4.02. The molecule has 6 unspecified atom stereocenters. The molecule has 0 heterocycles. The quantitative estimate of drug-likeness (QED) is 0.737. The van der Waals surface area contributed by atoms with Gasteiger partial charge in [-0.1, -0.05) is 20.4 Å². The molecule has 102 valence electrons. The molecule has 0 amide bonds. The van der Waals surface area contributed by atoms with Gasteiger partial charge in [0.15, 0.2) is 0 Å². The lowest BCUT2D eigenvalue weighted by atomic mass is 9.63. The van der Waals surface area contributed by atoms with E-state index in [0.717, 1.165) is 5.57 Å². The molecule has 2 fully saturated rings. The van der Waals surface area contributed by atoms with Crippen molar-refractivity contribution in [3.63, 3.8) is 0 Å². The molecule has 6 atom stereocenters. The van der Waals surface area contributed by atoms with E-state index in [2.05, 4.69) is 20.4 Å². The zero-order chi connectivity index (χ0) is 13.6. The second-order valence-corrected chi connectivity index (χ2v) is 6.35. The molecule has 3 nitrogen and oxygen atoms in total. The Balaban J connectivity index is 2.36. The van der Waals surface area contributed by atoms with E-state index in [1.165, 1.54) is 0 Å². The first-order chi connectivity index (χ1) is 8.34. The maximum Gasteiger partial charge on any atom is 0.139 e. The van der Waals surface area contributed by atoms with E-state index in [0.29, 0.717) is 24.7 Å². The van der Waals surface area contributed by atoms with Gasteiger partial charge in [0.2, 0.25) is 0 Å². The van der Waals surface area contributed by atoms with E-state index in [-0.39, 0.29) is 23.5 Å². The molecule has 0 radical (unpaired) electrons. The summed E-state index contributed by atoms with van der Waals surface area (Å²) in [5.41, 5.74) is 0.799. The number of rotatable bonds is 2. The molecular weight excluding hydrogens is 228 g/mol. The van der Waals surface area contributed by atoms with Crippen molar-refractivity contribution in [1.82, 2.24) is 0 Å². The smallest absolute Gasteiger partial charge is 0.139 e. The van der Waals surface area contributed by atoms with E-state index < -0.39 is 12.2 Å². The zero-order valence-electron chi connectivity index (χ0n) is 11.5. The fraction of sp³-hybridized carbons (Fsp3) is 0.800. The Morgan fingerprint density at radius 1 is 1.33 bits per heavy atom. The highest BCUT2D eigenvalue weighted by Crippen LogP contribution is 2.52. The first kappa shape index (κ1) is 13.8. The van der Waals surface area contributed by atoms with Crippen molar-refractivity contribution in [2.45, 2.75) is 45.8 Å². The molecule has 2 saturated carbocycles. The van der Waals surface area contributed by atoms with E-state index >= 15 is 0 Å². The summed E-state index contributed by atoms with van der Waals surface area (Å²) in [5.74, 6) is 0.795. The number of fused-ring (bicyclic) bond motifs is 1. The minimum atomic E-state index is -0.600. The first-order valence-corrected chi connectivity index (χ1v) is 6.92. The molecule has 0 aromatic heterocycles. The van der Waals surface area contributed by atoms with Gasteiger partial charge in [0.05, 0.1) is 12.2 Å². The molecule has 2 aliphatic carbocycles. The largest absolute Gasteiger partial charge is 0.393 e. The standard InChI is InChI=1S/C15H24O3/c1-7(2)10-5-12(17)8(3)11-6-13(18)14(9(4)16)15(10)11/h7,9-12,14-17H,3,5-6H2,1-2,4H3. The molecule has 2 N–H and O–H groups in total. The molecule has 0 aromatic rings. The molecule has 0 aliphatic heterocycles. The lowest BCUT2D eigenvalue weighted by Crippen LogP contribution is -2.42. The van der Waals surface area contributed by atoms with Crippen LogP contribution in [0.15, 0.2) is 12.2 Å². The van der Waals surface area contributed by atoms with Crippen LogP contribution < -0.4 is 0 Å². The van der Waals surface area contributed by atoms with Crippen LogP contribution in [0.4, 0.5) is 0 Å². The van der Waals surface area contributed by atoms with Crippen LogP contribution in [-0.2, 0) is 4.79 Å². The van der Waals surface area contributed by atoms with Crippen molar-refractivity contribution < 1.29 is 15.0 Å². The van der Waals surface area contributed by atoms with Gasteiger partial charge >= 0.3 is 0 Å². The van der Waals surface area contributed by atoms with Crippen LogP contribution in [-0.4, -0.2) is 28.2 Å². The third kappa shape index (κ3) is 2.04. The lowest BCUT2D eigenvalue weighted by molar-refractivity contribution is -0.125. The van der Waals surface area contributed by atoms with Crippen molar-refractivity contribution in [2.24, 2.45) is 29.6 Å². The first-order valence-electron chi connectivity index (χ1n) is 6.92. The second kappa shape index (κ2) is 4.78. The van der Waals surface area contributed by atoms with Gasteiger partial charge in [0.1, 0.15) is 5.78 Å². The van der Waals surface area contributed by atoms with E-state index in [4.69, 9.17) is 0 Å². The number of aliphatic hydroxyl groups is 2. The van der Waals surface area contributed by atoms with Gasteiger partial charge in [0, 0.05) is 12.3 Å². The fourth-order valence-corrected chi connectivity index (χ4v) is 4.02. The maximum atomic E-state index is 12.1. The number of carbonyl (C=O) groups is 1. The molecule has 0 spiro atoms. The number of Topliss-reactive ketones (excluding diaryl/α,β-unsaturated/α-hetero) is 1. The number of hydrogen-bond acceptors (Lipinski definition) is 3. The van der Waals surface area contributed by atoms with Gasteiger partial charge in [-0.2, -0.15) is 0 Å². The molecule has 0 bridgehead atoms. The minimum absolute atomic E-state index is 0.0632. The van der Waals surface area contributed by atoms with Crippen molar-refractivity contribution in [3.8, 4) is 0 Å². The minimum Gasteiger partial charge on any atom is -0.393 e. The highest BCUT2D eigenvalue weighted by Gasteiger charge is 2.53. The van der Waals surface area contributed by atoms with Crippen molar-refractivity contribution in [3.05, 3.63) is 12.2 Å². The molecule has 3 heteroatoms. The molecule has 0 aromatic carbocycles. The number of carbonyl (C=O) groups excluding carboxylic acids is 1. The Kier molecular flexibility index (Phi) is 3.65. The predicted octanol–water partition coefficient (Wildman–Crippen LogP) is 1.78. The highest BCUT2D eigenvalue weighted by molar-refractivity contribution is 5.85. The summed E-state index contributed by atoms with van der Waals surface area (Å²) in [5, 5.41) is 20.0. The van der Waals surface area contributed by atoms with Gasteiger partial charge in [-0.15, -0.1) is 0 Å². The van der Waals surface area contributed by atoms with Gasteiger partial charge in [-0.3, -0.25) is 4.79 Å². The van der Waals surface area contributed by atoms with Crippen LogP contribution in [0.3, 0.4) is 0 Å². The topological polar surface area (TPSA) is 57.5 Å². The summed E-state index contributed by atoms with van der Waals surface area (Å²) >= 11 is 0. The average molecular weight is 252 g/mol. The predicted molar refractivity (Wildman–Crippen MR) is 69.9 cm³/mol. The number of hydrogen-bond donors (Lipinski definition) is 2. The van der Waals surface area contributed by atoms with Gasteiger partial charge in [-0.05, 0) is 42.6 Å². The summed E-state index contributed by atoms with van der Waals surface area (Å²) in [7, 11) is 0. The Morgan fingerprint density at radius 2 is 1.94 bits per heavy atom. The average Bonchev–Trinajstić information content (AvgIpc) is 2.60. The van der Waals surface area contributed by atoms with E-state index in [1.54, 1.807) is 6.92 Å². The lowest BCUT2D eigenvalue weighted by Gasteiger charge is -2.42. The van der Waals surface area contributed by atoms with E-state index in [9.17, 15) is 15.0 Å². The summed E-state index contributed by atoms with van der Waals surface area (Å²) in [6.07, 6.45) is 0.0315. The Morgan fingerprint density at radius 3 is 2.44 bits per heavy atom. The monoisotopic (exact) mass is 252 g/mol. The van der Waals surface area contributed by atoms with Crippen LogP contribution in [0.5, 0.6) is 0 Å². The molecule has 2 aliphatic rings. The maximum absolute atomic E-state index is 12.1. The van der Waals surface area contributed by atoms with E-state index in [1.807, 2.05) is 0 Å². The second-order valence-electron chi connectivity index (χ2n) is 6.35. The van der Waals surface area contributed by atoms with Crippen LogP contribution in [0.1, 0.15) is 33.6 Å². The van der Waals surface area contributed by atoms with Crippen LogP contribution in [0.25, 0.3) is 0 Å². The zero-order valence-corrected chi connectivity index (χ0v) is 11.5. The Hall–Kier alpha value is -0.670. The van der Waals surface area contributed by atoms with Gasteiger partial charge in [0.25, 0.3) is 0 Å². The van der Waals surface area contributed by atoms with Crippen molar-refractivity contribution in [1.29, 1.82) is 0 Å². The Bertz CT molecular complexity index is 359. The molecule has 2 rings (SSSR count). The summed E-state index contributed by atoms with van der Waals surface area (Å²) < 4.78 is 0. The molecular formula is C15H24O3. The number of ketones is 1. The van der Waals surface area contributed by atoms with Crippen LogP contribution >= 0.6 is 0 Å². The Labute approximate surface area is 109 Å². The summed E-state index contributed by atoms with van der Waals surface area (Å²) in [4.78, 5) is 12.1. The highest BCUT2D eigenvalue weighted by atomic mass is 16.3. The molecule has 18 heavy (non-hydrogen) atoms. The van der Waals surface area contributed by atoms with Crippen molar-refractivity contribution >= 4 is 5.78 Å². The SMILES string of the molecule is C=C1C(O)CC(C(C)C)C2C1CC(=O)C2C(C)O. The van der Waals surface area contributed by atoms with Gasteiger partial charge < -0.3 is 10.2 Å². The summed E-state index contributed by atoms with van der Waals surface area (Å²) in [6, 6.07) is 0. The van der Waals surface area contributed by atoms with Crippen molar-refractivity contribution in [2.75, 3.05) is 0 Å². The van der Waals surface area contributed by atoms with Crippen LogP contribution in [0.2, 0.25) is 0 Å². The molecule has 0 saturated heterocycles.